The van der Waals surface area contributed by atoms with Crippen LogP contribution in [0.5, 0.6) is 0 Å². The molecule has 2 aromatic heterocycles. The van der Waals surface area contributed by atoms with Crippen LogP contribution in [0.2, 0.25) is 0 Å². The monoisotopic (exact) mass is 236 g/mol. The summed E-state index contributed by atoms with van der Waals surface area (Å²) in [5.41, 5.74) is 5.76. The summed E-state index contributed by atoms with van der Waals surface area (Å²) >= 11 is 0. The Labute approximate surface area is 94.3 Å². The summed E-state index contributed by atoms with van der Waals surface area (Å²) in [5, 5.41) is 17.9. The van der Waals surface area contributed by atoms with Gasteiger partial charge in [-0.25, -0.2) is 14.8 Å². The molecule has 0 saturated carbocycles. The van der Waals surface area contributed by atoms with E-state index in [1.165, 1.54) is 10.8 Å². The van der Waals surface area contributed by atoms with E-state index in [-0.39, 0.29) is 18.0 Å². The van der Waals surface area contributed by atoms with Gasteiger partial charge in [-0.15, -0.1) is 0 Å². The van der Waals surface area contributed by atoms with Crippen LogP contribution in [0, 0.1) is 0 Å². The number of carbonyl (C=O) groups is 2. The van der Waals surface area contributed by atoms with Crippen molar-refractivity contribution in [3.63, 3.8) is 0 Å². The number of rotatable bonds is 3. The molecule has 0 spiro atoms. The average Bonchev–Trinajstić information content (AvgIpc) is 2.61. The van der Waals surface area contributed by atoms with Gasteiger partial charge in [-0.05, 0) is 6.07 Å². The topological polar surface area (TPSA) is 131 Å². The van der Waals surface area contributed by atoms with E-state index in [2.05, 4.69) is 9.97 Å². The van der Waals surface area contributed by atoms with Crippen molar-refractivity contribution in [3.05, 3.63) is 18.1 Å². The molecule has 0 bridgehead atoms. The molecule has 8 nitrogen and oxygen atoms in total. The van der Waals surface area contributed by atoms with Crippen molar-refractivity contribution in [1.29, 1.82) is 0 Å². The predicted molar refractivity (Wildman–Crippen MR) is 56.5 cm³/mol. The molecular weight excluding hydrogens is 228 g/mol. The van der Waals surface area contributed by atoms with Crippen LogP contribution >= 0.6 is 0 Å². The lowest BCUT2D eigenvalue weighted by atomic mass is 10.4. The Balaban J connectivity index is 2.65. The van der Waals surface area contributed by atoms with Crippen LogP contribution in [0.4, 0.5) is 5.82 Å². The highest BCUT2D eigenvalue weighted by atomic mass is 16.4. The van der Waals surface area contributed by atoms with Crippen molar-refractivity contribution in [3.8, 4) is 0 Å². The van der Waals surface area contributed by atoms with Gasteiger partial charge in [-0.2, -0.15) is 0 Å². The summed E-state index contributed by atoms with van der Waals surface area (Å²) < 4.78 is 1.29. The van der Waals surface area contributed by atoms with Crippen molar-refractivity contribution < 1.29 is 19.8 Å². The van der Waals surface area contributed by atoms with Gasteiger partial charge in [0, 0.05) is 6.20 Å². The minimum Gasteiger partial charge on any atom is -0.480 e. The Kier molecular flexibility index (Phi) is 2.39. The summed E-state index contributed by atoms with van der Waals surface area (Å²) in [6, 6.07) is 1.54. The molecule has 2 rings (SSSR count). The molecule has 0 saturated heterocycles. The first-order valence-electron chi connectivity index (χ1n) is 4.56. The lowest BCUT2D eigenvalue weighted by Crippen LogP contribution is -2.11. The highest BCUT2D eigenvalue weighted by Gasteiger charge is 2.14. The Hall–Kier alpha value is -2.64. The van der Waals surface area contributed by atoms with E-state index >= 15 is 0 Å². The Morgan fingerprint density at radius 3 is 2.65 bits per heavy atom. The summed E-state index contributed by atoms with van der Waals surface area (Å²) in [6.45, 7) is -0.320. The zero-order chi connectivity index (χ0) is 12.6. The van der Waals surface area contributed by atoms with Crippen molar-refractivity contribution in [1.82, 2.24) is 14.5 Å². The SMILES string of the molecule is Nc1nc(C(=O)O)nc2c1ccn2CC(=O)O. The molecule has 8 heteroatoms. The van der Waals surface area contributed by atoms with Gasteiger partial charge in [-0.3, -0.25) is 4.79 Å². The molecule has 17 heavy (non-hydrogen) atoms. The van der Waals surface area contributed by atoms with E-state index in [4.69, 9.17) is 15.9 Å². The fraction of sp³-hybridized carbons (Fsp3) is 0.111. The molecule has 0 aliphatic heterocycles. The number of carboxylic acids is 2. The number of nitrogens with two attached hydrogens (primary N) is 1. The summed E-state index contributed by atoms with van der Waals surface area (Å²) in [5.74, 6) is -2.82. The molecule has 2 aromatic rings. The maximum Gasteiger partial charge on any atom is 0.374 e. The number of hydrogen-bond donors (Lipinski definition) is 3. The molecule has 2 heterocycles. The van der Waals surface area contributed by atoms with Gasteiger partial charge in [0.15, 0.2) is 0 Å². The molecule has 0 unspecified atom stereocenters. The maximum absolute atomic E-state index is 10.7. The fourth-order valence-corrected chi connectivity index (χ4v) is 1.46. The number of anilines is 1. The molecule has 0 fully saturated rings. The second kappa shape index (κ2) is 3.74. The van der Waals surface area contributed by atoms with Crippen molar-refractivity contribution in [2.24, 2.45) is 0 Å². The quantitative estimate of drug-likeness (QED) is 0.672. The third-order valence-electron chi connectivity index (χ3n) is 2.15. The van der Waals surface area contributed by atoms with Crippen LogP contribution in [0.3, 0.4) is 0 Å². The number of aromatic nitrogens is 3. The largest absolute Gasteiger partial charge is 0.480 e. The summed E-state index contributed by atoms with van der Waals surface area (Å²) in [4.78, 5) is 28.7. The molecule has 88 valence electrons. The smallest absolute Gasteiger partial charge is 0.374 e. The molecule has 0 radical (unpaired) electrons. The van der Waals surface area contributed by atoms with Gasteiger partial charge in [0.2, 0.25) is 5.82 Å². The van der Waals surface area contributed by atoms with E-state index in [0.717, 1.165) is 0 Å². The number of nitrogens with zero attached hydrogens (tertiary/aromatic N) is 3. The van der Waals surface area contributed by atoms with E-state index in [9.17, 15) is 9.59 Å². The molecule has 0 aromatic carbocycles. The van der Waals surface area contributed by atoms with E-state index in [1.54, 1.807) is 6.07 Å². The fourth-order valence-electron chi connectivity index (χ4n) is 1.46. The Bertz CT molecular complexity index is 619. The van der Waals surface area contributed by atoms with Gasteiger partial charge in [0.1, 0.15) is 18.0 Å². The first kappa shape index (κ1) is 10.9. The van der Waals surface area contributed by atoms with Crippen molar-refractivity contribution in [2.75, 3.05) is 5.73 Å². The number of aromatic carboxylic acids is 1. The number of carboxylic acid groups (broad SMARTS) is 2. The van der Waals surface area contributed by atoms with E-state index in [0.29, 0.717) is 5.39 Å². The normalized spacial score (nSPS) is 10.6. The van der Waals surface area contributed by atoms with E-state index < -0.39 is 17.8 Å². The Morgan fingerprint density at radius 1 is 1.35 bits per heavy atom. The van der Waals surface area contributed by atoms with Gasteiger partial charge in [-0.1, -0.05) is 0 Å². The zero-order valence-electron chi connectivity index (χ0n) is 8.49. The molecule has 0 amide bonds. The van der Waals surface area contributed by atoms with Gasteiger partial charge < -0.3 is 20.5 Å². The maximum atomic E-state index is 10.7. The average molecular weight is 236 g/mol. The number of fused-ring (bicyclic) bond motifs is 1. The molecule has 0 aliphatic rings. The number of hydrogen-bond acceptors (Lipinski definition) is 5. The molecule has 4 N–H and O–H groups in total. The second-order valence-electron chi connectivity index (χ2n) is 3.31. The highest BCUT2D eigenvalue weighted by molar-refractivity contribution is 5.92. The van der Waals surface area contributed by atoms with Crippen LogP contribution in [-0.2, 0) is 11.3 Å². The van der Waals surface area contributed by atoms with Crippen molar-refractivity contribution >= 4 is 28.8 Å². The predicted octanol–water partition coefficient (Wildman–Crippen LogP) is -0.204. The Morgan fingerprint density at radius 2 is 2.06 bits per heavy atom. The lowest BCUT2D eigenvalue weighted by Gasteiger charge is -2.02. The third-order valence-corrected chi connectivity index (χ3v) is 2.15. The van der Waals surface area contributed by atoms with Gasteiger partial charge in [0.05, 0.1) is 5.39 Å². The zero-order valence-corrected chi connectivity index (χ0v) is 8.49. The lowest BCUT2D eigenvalue weighted by molar-refractivity contribution is -0.137. The van der Waals surface area contributed by atoms with Crippen LogP contribution in [-0.4, -0.2) is 36.7 Å². The third kappa shape index (κ3) is 1.87. The minimum atomic E-state index is -1.32. The summed E-state index contributed by atoms with van der Waals surface area (Å²) in [7, 11) is 0. The highest BCUT2D eigenvalue weighted by Crippen LogP contribution is 2.19. The standard InChI is InChI=1S/C9H8N4O4/c10-6-4-1-2-13(3-5(14)15)8(4)12-7(11-6)9(16)17/h1-2H,3H2,(H,14,15)(H,16,17)(H2,10,11,12). The van der Waals surface area contributed by atoms with E-state index in [1.807, 2.05) is 0 Å². The van der Waals surface area contributed by atoms with Crippen LogP contribution in [0.1, 0.15) is 10.6 Å². The van der Waals surface area contributed by atoms with Gasteiger partial charge >= 0.3 is 11.9 Å². The molecular formula is C9H8N4O4. The number of nitrogen functional groups attached to an aromatic ring is 1. The van der Waals surface area contributed by atoms with Gasteiger partial charge in [0.25, 0.3) is 0 Å². The van der Waals surface area contributed by atoms with Crippen LogP contribution < -0.4 is 5.73 Å². The molecule has 0 atom stereocenters. The number of aliphatic carboxylic acids is 1. The first-order chi connectivity index (χ1) is 7.99. The van der Waals surface area contributed by atoms with Crippen molar-refractivity contribution in [2.45, 2.75) is 6.54 Å². The molecule has 0 aliphatic carbocycles. The van der Waals surface area contributed by atoms with Crippen LogP contribution in [0.15, 0.2) is 12.3 Å². The van der Waals surface area contributed by atoms with Crippen LogP contribution in [0.25, 0.3) is 11.0 Å². The summed E-state index contributed by atoms with van der Waals surface area (Å²) in [6.07, 6.45) is 1.47. The minimum absolute atomic E-state index is 0.0107. The first-order valence-corrected chi connectivity index (χ1v) is 4.56. The second-order valence-corrected chi connectivity index (χ2v) is 3.31.